The number of benzene rings is 1. The van der Waals surface area contributed by atoms with Gasteiger partial charge in [-0.15, -0.1) is 0 Å². The zero-order chi connectivity index (χ0) is 12.8. The van der Waals surface area contributed by atoms with Crippen molar-refractivity contribution in [1.82, 2.24) is 4.31 Å². The molecule has 0 N–H and O–H groups in total. The van der Waals surface area contributed by atoms with Gasteiger partial charge in [0, 0.05) is 12.6 Å². The molecule has 2 atom stereocenters. The fraction of sp³-hybridized carbons (Fsp3) is 0.538. The summed E-state index contributed by atoms with van der Waals surface area (Å²) in [5.41, 5.74) is 1.08. The van der Waals surface area contributed by atoms with Crippen LogP contribution >= 0.6 is 0 Å². The number of hydrogen-bond donors (Lipinski definition) is 0. The Labute approximate surface area is 104 Å². The molecule has 4 heteroatoms. The molecule has 1 aromatic rings. The first-order valence-corrected chi connectivity index (χ1v) is 7.25. The highest BCUT2D eigenvalue weighted by molar-refractivity contribution is 7.89. The van der Waals surface area contributed by atoms with Crippen molar-refractivity contribution in [3.05, 3.63) is 29.8 Å². The number of rotatable bonds is 2. The summed E-state index contributed by atoms with van der Waals surface area (Å²) in [5, 5.41) is 0. The lowest BCUT2D eigenvalue weighted by molar-refractivity contribution is 0.370. The summed E-state index contributed by atoms with van der Waals surface area (Å²) >= 11 is 0. The molecule has 2 unspecified atom stereocenters. The molecule has 0 bridgehead atoms. The molecule has 2 rings (SSSR count). The first-order chi connectivity index (χ1) is 7.73. The fourth-order valence-corrected chi connectivity index (χ4v) is 3.68. The Bertz CT molecular complexity index is 511. The van der Waals surface area contributed by atoms with Crippen molar-refractivity contribution in [2.45, 2.75) is 38.6 Å². The molecule has 1 fully saturated rings. The van der Waals surface area contributed by atoms with E-state index in [4.69, 9.17) is 0 Å². The lowest BCUT2D eigenvalue weighted by Gasteiger charge is -2.18. The molecule has 1 saturated heterocycles. The molecule has 0 radical (unpaired) electrons. The summed E-state index contributed by atoms with van der Waals surface area (Å²) in [6.45, 7) is 8.80. The summed E-state index contributed by atoms with van der Waals surface area (Å²) < 4.78 is 26.2. The van der Waals surface area contributed by atoms with Crippen LogP contribution in [-0.4, -0.2) is 25.3 Å². The summed E-state index contributed by atoms with van der Waals surface area (Å²) in [4.78, 5) is 0.398. The minimum absolute atomic E-state index is 0.0117. The van der Waals surface area contributed by atoms with Crippen LogP contribution in [-0.2, 0) is 10.0 Å². The summed E-state index contributed by atoms with van der Waals surface area (Å²) in [6, 6.07) is 7.17. The quantitative estimate of drug-likeness (QED) is 0.759. The third kappa shape index (κ3) is 2.38. The molecule has 94 valence electrons. The van der Waals surface area contributed by atoms with E-state index < -0.39 is 10.0 Å². The van der Waals surface area contributed by atoms with Gasteiger partial charge in [0.1, 0.15) is 0 Å². The van der Waals surface area contributed by atoms with Gasteiger partial charge in [0.15, 0.2) is 0 Å². The Hall–Kier alpha value is -0.870. The highest BCUT2D eigenvalue weighted by Gasteiger charge is 2.50. The van der Waals surface area contributed by atoms with Crippen molar-refractivity contribution >= 4 is 10.0 Å². The van der Waals surface area contributed by atoms with E-state index in [1.807, 2.05) is 19.1 Å². The average molecular weight is 253 g/mol. The Morgan fingerprint density at radius 2 is 1.71 bits per heavy atom. The molecule has 1 aliphatic rings. The van der Waals surface area contributed by atoms with Gasteiger partial charge in [0.2, 0.25) is 10.0 Å². The molecule has 0 spiro atoms. The molecule has 1 heterocycles. The van der Waals surface area contributed by atoms with Crippen LogP contribution in [0.3, 0.4) is 0 Å². The smallest absolute Gasteiger partial charge is 0.207 e. The maximum absolute atomic E-state index is 12.3. The molecule has 1 aliphatic heterocycles. The van der Waals surface area contributed by atoms with Gasteiger partial charge in [0.25, 0.3) is 0 Å². The van der Waals surface area contributed by atoms with Crippen LogP contribution in [0.1, 0.15) is 26.3 Å². The molecule has 17 heavy (non-hydrogen) atoms. The Morgan fingerprint density at radius 1 is 1.18 bits per heavy atom. The number of aryl methyl sites for hydroxylation is 1. The Morgan fingerprint density at radius 3 is 2.12 bits per heavy atom. The van der Waals surface area contributed by atoms with Gasteiger partial charge in [-0.1, -0.05) is 38.5 Å². The van der Waals surface area contributed by atoms with Gasteiger partial charge in [-0.3, -0.25) is 0 Å². The van der Waals surface area contributed by atoms with Crippen molar-refractivity contribution in [2.75, 3.05) is 6.54 Å². The number of sulfonamides is 1. The van der Waals surface area contributed by atoms with Gasteiger partial charge < -0.3 is 0 Å². The van der Waals surface area contributed by atoms with Crippen molar-refractivity contribution in [1.29, 1.82) is 0 Å². The molecule has 0 saturated carbocycles. The predicted molar refractivity (Wildman–Crippen MR) is 68.3 cm³/mol. The lowest BCUT2D eigenvalue weighted by atomic mass is 9.92. The molecule has 3 nitrogen and oxygen atoms in total. The van der Waals surface area contributed by atoms with Gasteiger partial charge in [-0.2, -0.15) is 4.31 Å². The predicted octanol–water partition coefficient (Wildman–Crippen LogP) is 2.41. The van der Waals surface area contributed by atoms with Crippen LogP contribution in [0, 0.1) is 12.3 Å². The first-order valence-electron chi connectivity index (χ1n) is 5.81. The highest BCUT2D eigenvalue weighted by Crippen LogP contribution is 2.39. The van der Waals surface area contributed by atoms with Crippen LogP contribution in [0.4, 0.5) is 0 Å². The fourth-order valence-electron chi connectivity index (χ4n) is 1.94. The summed E-state index contributed by atoms with van der Waals surface area (Å²) in [6.07, 6.45) is 0. The zero-order valence-electron chi connectivity index (χ0n) is 10.8. The topological polar surface area (TPSA) is 37.1 Å². The van der Waals surface area contributed by atoms with Crippen molar-refractivity contribution in [2.24, 2.45) is 5.41 Å². The second-order valence-corrected chi connectivity index (χ2v) is 7.66. The van der Waals surface area contributed by atoms with E-state index in [-0.39, 0.29) is 11.5 Å². The molecular formula is C13H19NO2S. The SMILES string of the molecule is Cc1ccc(S(=O)(=O)N2CC2C(C)(C)C)cc1. The van der Waals surface area contributed by atoms with E-state index in [1.54, 1.807) is 16.4 Å². The summed E-state index contributed by atoms with van der Waals surface area (Å²) in [7, 11) is -3.28. The Balaban J connectivity index is 2.25. The van der Waals surface area contributed by atoms with Crippen LogP contribution in [0.5, 0.6) is 0 Å². The number of hydrogen-bond acceptors (Lipinski definition) is 2. The van der Waals surface area contributed by atoms with Gasteiger partial charge in [-0.25, -0.2) is 8.42 Å². The van der Waals surface area contributed by atoms with Crippen LogP contribution in [0.2, 0.25) is 0 Å². The van der Waals surface area contributed by atoms with Gasteiger partial charge in [-0.05, 0) is 24.5 Å². The molecule has 0 amide bonds. The van der Waals surface area contributed by atoms with Crippen LogP contribution in [0.25, 0.3) is 0 Å². The van der Waals surface area contributed by atoms with E-state index in [9.17, 15) is 8.42 Å². The van der Waals surface area contributed by atoms with Crippen LogP contribution < -0.4 is 0 Å². The lowest BCUT2D eigenvalue weighted by Crippen LogP contribution is -2.23. The molecule has 0 aliphatic carbocycles. The standard InChI is InChI=1S/C13H19NO2S/c1-10-5-7-11(8-6-10)17(15,16)14-9-12(14)13(2,3)4/h5-8,12H,9H2,1-4H3. The molecular weight excluding hydrogens is 234 g/mol. The van der Waals surface area contributed by atoms with Gasteiger partial charge >= 0.3 is 0 Å². The molecule has 1 aromatic carbocycles. The van der Waals surface area contributed by atoms with E-state index in [1.165, 1.54) is 0 Å². The Kier molecular flexibility index (Phi) is 2.83. The first kappa shape index (κ1) is 12.6. The van der Waals surface area contributed by atoms with Crippen molar-refractivity contribution < 1.29 is 8.42 Å². The zero-order valence-corrected chi connectivity index (χ0v) is 11.6. The van der Waals surface area contributed by atoms with Crippen molar-refractivity contribution in [3.8, 4) is 0 Å². The van der Waals surface area contributed by atoms with E-state index in [0.717, 1.165) is 5.56 Å². The van der Waals surface area contributed by atoms with E-state index in [0.29, 0.717) is 11.4 Å². The number of nitrogens with zero attached hydrogens (tertiary/aromatic N) is 1. The normalized spacial score (nSPS) is 24.7. The van der Waals surface area contributed by atoms with Gasteiger partial charge in [0.05, 0.1) is 4.90 Å². The maximum Gasteiger partial charge on any atom is 0.243 e. The largest absolute Gasteiger partial charge is 0.243 e. The van der Waals surface area contributed by atoms with Crippen LogP contribution in [0.15, 0.2) is 29.2 Å². The summed E-state index contributed by atoms with van der Waals surface area (Å²) in [5.74, 6) is 0. The highest BCUT2D eigenvalue weighted by atomic mass is 32.2. The third-order valence-electron chi connectivity index (χ3n) is 3.19. The second kappa shape index (κ2) is 3.82. The maximum atomic E-state index is 12.3. The third-order valence-corrected chi connectivity index (χ3v) is 5.08. The second-order valence-electron chi connectivity index (χ2n) is 5.77. The average Bonchev–Trinajstić information content (AvgIpc) is 2.96. The molecule has 0 aromatic heterocycles. The minimum Gasteiger partial charge on any atom is -0.207 e. The van der Waals surface area contributed by atoms with Crippen molar-refractivity contribution in [3.63, 3.8) is 0 Å². The monoisotopic (exact) mass is 253 g/mol. The minimum atomic E-state index is -3.28. The van der Waals surface area contributed by atoms with E-state index >= 15 is 0 Å². The van der Waals surface area contributed by atoms with E-state index in [2.05, 4.69) is 20.8 Å².